The molecule has 0 N–H and O–H groups in total. The second-order valence-electron chi connectivity index (χ2n) is 13.9. The van der Waals surface area contributed by atoms with Crippen LogP contribution in [0.5, 0.6) is 0 Å². The van der Waals surface area contributed by atoms with Gasteiger partial charge in [0, 0.05) is 22.1 Å². The van der Waals surface area contributed by atoms with E-state index in [1.54, 1.807) is 0 Å². The molecule has 0 aliphatic heterocycles. The summed E-state index contributed by atoms with van der Waals surface area (Å²) < 4.78 is 0. The molecule has 8 aromatic rings. The van der Waals surface area contributed by atoms with Crippen molar-refractivity contribution in [1.82, 2.24) is 0 Å². The van der Waals surface area contributed by atoms with E-state index >= 15 is 0 Å². The number of hydrogen-bond acceptors (Lipinski definition) is 1. The molecule has 1 aliphatic rings. The fourth-order valence-corrected chi connectivity index (χ4v) is 8.04. The van der Waals surface area contributed by atoms with Gasteiger partial charge in [0.25, 0.3) is 0 Å². The Morgan fingerprint density at radius 3 is 1.94 bits per heavy atom. The molecular weight excluding hydrogens is 591 g/mol. The molecule has 0 atom stereocenters. The van der Waals surface area contributed by atoms with Gasteiger partial charge in [-0.15, -0.1) is 0 Å². The van der Waals surface area contributed by atoms with Crippen LogP contribution in [-0.4, -0.2) is 0 Å². The minimum atomic E-state index is -0.115. The van der Waals surface area contributed by atoms with E-state index in [2.05, 4.69) is 196 Å². The van der Waals surface area contributed by atoms with Crippen molar-refractivity contribution in [3.63, 3.8) is 0 Å². The molecule has 0 bridgehead atoms. The summed E-state index contributed by atoms with van der Waals surface area (Å²) in [5.41, 5.74) is 14.8. The highest BCUT2D eigenvalue weighted by Gasteiger charge is 2.36. The van der Waals surface area contributed by atoms with Crippen LogP contribution in [-0.2, 0) is 5.41 Å². The average Bonchev–Trinajstić information content (AvgIpc) is 3.38. The maximum absolute atomic E-state index is 2.51. The maximum atomic E-state index is 2.51. The zero-order valence-electron chi connectivity index (χ0n) is 28.1. The van der Waals surface area contributed by atoms with Gasteiger partial charge in [-0.25, -0.2) is 0 Å². The van der Waals surface area contributed by atoms with Crippen LogP contribution in [0.3, 0.4) is 0 Å². The number of anilines is 3. The fourth-order valence-electron chi connectivity index (χ4n) is 8.04. The van der Waals surface area contributed by atoms with Gasteiger partial charge in [-0.3, -0.25) is 0 Å². The second-order valence-corrected chi connectivity index (χ2v) is 13.9. The Bertz CT molecular complexity index is 2540. The predicted molar refractivity (Wildman–Crippen MR) is 209 cm³/mol. The number of benzene rings is 8. The SMILES string of the molecule is Cc1cccc(-c2cc(-c3ccccc3)ccc2N(c2ccc3c(c2)C(C)(C)c2ccccc2-3)c2cc3ccccc3c3ccccc23)c1. The maximum Gasteiger partial charge on any atom is 0.0546 e. The molecule has 0 aromatic heterocycles. The molecule has 49 heavy (non-hydrogen) atoms. The third-order valence-electron chi connectivity index (χ3n) is 10.5. The zero-order chi connectivity index (χ0) is 33.1. The Labute approximate surface area is 288 Å². The van der Waals surface area contributed by atoms with Crippen LogP contribution >= 0.6 is 0 Å². The van der Waals surface area contributed by atoms with Gasteiger partial charge in [-0.1, -0.05) is 159 Å². The monoisotopic (exact) mass is 627 g/mol. The van der Waals surface area contributed by atoms with E-state index in [4.69, 9.17) is 0 Å². The van der Waals surface area contributed by atoms with E-state index in [9.17, 15) is 0 Å². The molecule has 0 saturated heterocycles. The highest BCUT2D eigenvalue weighted by Crippen LogP contribution is 2.52. The Morgan fingerprint density at radius 2 is 1.10 bits per heavy atom. The van der Waals surface area contributed by atoms with Crippen molar-refractivity contribution in [2.45, 2.75) is 26.2 Å². The molecule has 9 rings (SSSR count). The second kappa shape index (κ2) is 11.4. The first-order valence-electron chi connectivity index (χ1n) is 17.2. The number of rotatable bonds is 5. The Morgan fingerprint density at radius 1 is 0.408 bits per heavy atom. The van der Waals surface area contributed by atoms with E-state index in [0.717, 1.165) is 11.4 Å². The standard InChI is InChI=1S/C48H37N/c1-32-14-13-18-35(28-32)43-29-34(33-15-5-4-6-16-33)24-27-46(43)49(47-30-36-17-7-8-19-38(36)39-20-9-10-22-42(39)47)37-25-26-41-40-21-11-12-23-44(40)48(2,3)45(41)31-37/h4-31H,1-3H3. The van der Waals surface area contributed by atoms with Crippen molar-refractivity contribution in [3.8, 4) is 33.4 Å². The molecule has 1 heteroatoms. The van der Waals surface area contributed by atoms with Crippen molar-refractivity contribution >= 4 is 38.6 Å². The summed E-state index contributed by atoms with van der Waals surface area (Å²) in [6.45, 7) is 6.91. The molecule has 0 spiro atoms. The van der Waals surface area contributed by atoms with E-state index in [-0.39, 0.29) is 5.41 Å². The third kappa shape index (κ3) is 4.77. The largest absolute Gasteiger partial charge is 0.309 e. The van der Waals surface area contributed by atoms with Crippen molar-refractivity contribution < 1.29 is 0 Å². The lowest BCUT2D eigenvalue weighted by molar-refractivity contribution is 0.660. The molecule has 0 amide bonds. The third-order valence-corrected chi connectivity index (χ3v) is 10.5. The van der Waals surface area contributed by atoms with E-state index in [1.165, 1.54) is 77.3 Å². The van der Waals surface area contributed by atoms with Crippen LogP contribution in [0.4, 0.5) is 17.1 Å². The summed E-state index contributed by atoms with van der Waals surface area (Å²) in [6, 6.07) is 62.7. The Balaban J connectivity index is 1.37. The van der Waals surface area contributed by atoms with Crippen molar-refractivity contribution in [1.29, 1.82) is 0 Å². The first-order valence-corrected chi connectivity index (χ1v) is 17.2. The van der Waals surface area contributed by atoms with Crippen LogP contribution in [0, 0.1) is 6.92 Å². The van der Waals surface area contributed by atoms with E-state index < -0.39 is 0 Å². The number of fused-ring (bicyclic) bond motifs is 6. The summed E-state index contributed by atoms with van der Waals surface area (Å²) in [5, 5.41) is 4.98. The van der Waals surface area contributed by atoms with E-state index in [0.29, 0.717) is 0 Å². The molecule has 0 heterocycles. The highest BCUT2D eigenvalue weighted by molar-refractivity contribution is 6.15. The van der Waals surface area contributed by atoms with Gasteiger partial charge in [0.2, 0.25) is 0 Å². The fraction of sp³-hybridized carbons (Fsp3) is 0.0833. The molecule has 0 unspecified atom stereocenters. The van der Waals surface area contributed by atoms with Crippen LogP contribution in [0.15, 0.2) is 170 Å². The van der Waals surface area contributed by atoms with Crippen LogP contribution in [0.1, 0.15) is 30.5 Å². The zero-order valence-corrected chi connectivity index (χ0v) is 28.1. The summed E-state index contributed by atoms with van der Waals surface area (Å²) in [6.07, 6.45) is 0. The predicted octanol–water partition coefficient (Wildman–Crippen LogP) is 13.4. The van der Waals surface area contributed by atoms with Gasteiger partial charge in [-0.05, 0) is 92.4 Å². The first kappa shape index (κ1) is 29.2. The summed E-state index contributed by atoms with van der Waals surface area (Å²) in [7, 11) is 0. The average molecular weight is 628 g/mol. The van der Waals surface area contributed by atoms with Crippen LogP contribution in [0.25, 0.3) is 54.9 Å². The van der Waals surface area contributed by atoms with Gasteiger partial charge < -0.3 is 4.90 Å². The van der Waals surface area contributed by atoms with Crippen molar-refractivity contribution in [2.75, 3.05) is 4.90 Å². The minimum Gasteiger partial charge on any atom is -0.309 e. The topological polar surface area (TPSA) is 3.24 Å². The molecule has 234 valence electrons. The molecular formula is C48H37N. The number of aryl methyl sites for hydroxylation is 1. The van der Waals surface area contributed by atoms with Crippen LogP contribution < -0.4 is 4.90 Å². The lowest BCUT2D eigenvalue weighted by Gasteiger charge is -2.31. The normalized spacial score (nSPS) is 13.0. The van der Waals surface area contributed by atoms with Gasteiger partial charge in [0.15, 0.2) is 0 Å². The summed E-state index contributed by atoms with van der Waals surface area (Å²) in [4.78, 5) is 2.51. The quantitative estimate of drug-likeness (QED) is 0.172. The smallest absolute Gasteiger partial charge is 0.0546 e. The number of nitrogens with zero attached hydrogens (tertiary/aromatic N) is 1. The molecule has 0 fully saturated rings. The van der Waals surface area contributed by atoms with Gasteiger partial charge in [-0.2, -0.15) is 0 Å². The highest BCUT2D eigenvalue weighted by atomic mass is 15.1. The summed E-state index contributed by atoms with van der Waals surface area (Å²) in [5.74, 6) is 0. The number of hydrogen-bond donors (Lipinski definition) is 0. The lowest BCUT2D eigenvalue weighted by atomic mass is 9.82. The van der Waals surface area contributed by atoms with Gasteiger partial charge >= 0.3 is 0 Å². The van der Waals surface area contributed by atoms with Crippen molar-refractivity contribution in [2.24, 2.45) is 0 Å². The molecule has 0 radical (unpaired) electrons. The van der Waals surface area contributed by atoms with E-state index in [1.807, 2.05) is 0 Å². The first-order chi connectivity index (χ1) is 24.0. The molecule has 0 saturated carbocycles. The van der Waals surface area contributed by atoms with Crippen LogP contribution in [0.2, 0.25) is 0 Å². The Hall–Kier alpha value is -5.92. The molecule has 1 nitrogen and oxygen atoms in total. The molecule has 1 aliphatic carbocycles. The minimum absolute atomic E-state index is 0.115. The lowest BCUT2D eigenvalue weighted by Crippen LogP contribution is -2.17. The molecule has 8 aromatic carbocycles. The van der Waals surface area contributed by atoms with Gasteiger partial charge in [0.05, 0.1) is 11.4 Å². The summed E-state index contributed by atoms with van der Waals surface area (Å²) >= 11 is 0. The Kier molecular flexibility index (Phi) is 6.78. The van der Waals surface area contributed by atoms with Crippen molar-refractivity contribution in [3.05, 3.63) is 187 Å². The van der Waals surface area contributed by atoms with Gasteiger partial charge in [0.1, 0.15) is 0 Å².